The Kier molecular flexibility index (Phi) is 3.43. The zero-order chi connectivity index (χ0) is 12.3. The van der Waals surface area contributed by atoms with Crippen LogP contribution in [0, 0.1) is 10.1 Å². The van der Waals surface area contributed by atoms with Gasteiger partial charge < -0.3 is 4.74 Å². The molecule has 0 aliphatic heterocycles. The third-order valence-electron chi connectivity index (χ3n) is 1.81. The minimum absolute atomic E-state index is 0.0320. The van der Waals surface area contributed by atoms with E-state index >= 15 is 0 Å². The Labute approximate surface area is 91.0 Å². The maximum atomic E-state index is 12.4. The molecule has 1 rings (SSSR count). The van der Waals surface area contributed by atoms with Crippen LogP contribution in [0.5, 0.6) is 5.75 Å². The van der Waals surface area contributed by atoms with Gasteiger partial charge in [0.2, 0.25) is 0 Å². The first-order valence-electron chi connectivity index (χ1n) is 4.07. The van der Waals surface area contributed by atoms with Gasteiger partial charge in [-0.05, 0) is 6.07 Å². The topological polar surface area (TPSA) is 86.5 Å². The zero-order valence-corrected chi connectivity index (χ0v) is 9.03. The van der Waals surface area contributed by atoms with Crippen molar-refractivity contribution in [2.75, 3.05) is 7.11 Å². The van der Waals surface area contributed by atoms with Gasteiger partial charge in [0.15, 0.2) is 0 Å². The first-order valence-corrected chi connectivity index (χ1v) is 5.62. The lowest BCUT2D eigenvalue weighted by Gasteiger charge is -2.05. The highest BCUT2D eigenvalue weighted by Crippen LogP contribution is 2.26. The van der Waals surface area contributed by atoms with Crippen LogP contribution in [-0.4, -0.2) is 20.5 Å². The molecule has 1 aromatic carbocycles. The van der Waals surface area contributed by atoms with Gasteiger partial charge in [-0.3, -0.25) is 10.1 Å². The standard InChI is InChI=1S/C8H8FNO5S/c1-15-8-4-7(10(11)12)3-2-6(8)5-16(9,13)14/h2-4H,5H2,1H3. The smallest absolute Gasteiger partial charge is 0.306 e. The Morgan fingerprint density at radius 2 is 2.12 bits per heavy atom. The van der Waals surface area contributed by atoms with E-state index in [0.29, 0.717) is 0 Å². The van der Waals surface area contributed by atoms with E-state index < -0.39 is 20.9 Å². The van der Waals surface area contributed by atoms with Crippen LogP contribution in [-0.2, 0) is 16.0 Å². The van der Waals surface area contributed by atoms with Crippen molar-refractivity contribution in [3.05, 3.63) is 33.9 Å². The average Bonchev–Trinajstić information content (AvgIpc) is 2.15. The van der Waals surface area contributed by atoms with Crippen LogP contribution in [0.25, 0.3) is 0 Å². The quantitative estimate of drug-likeness (QED) is 0.457. The van der Waals surface area contributed by atoms with Crippen LogP contribution in [0.4, 0.5) is 9.57 Å². The number of methoxy groups -OCH3 is 1. The molecule has 0 heterocycles. The maximum absolute atomic E-state index is 12.4. The average molecular weight is 249 g/mol. The summed E-state index contributed by atoms with van der Waals surface area (Å²) in [6.45, 7) is 0. The largest absolute Gasteiger partial charge is 0.496 e. The second kappa shape index (κ2) is 4.44. The summed E-state index contributed by atoms with van der Waals surface area (Å²) in [7, 11) is -3.48. The Morgan fingerprint density at radius 1 is 1.50 bits per heavy atom. The van der Waals surface area contributed by atoms with Crippen molar-refractivity contribution in [3.8, 4) is 5.75 Å². The lowest BCUT2D eigenvalue weighted by Crippen LogP contribution is -2.00. The van der Waals surface area contributed by atoms with E-state index in [2.05, 4.69) is 0 Å². The number of benzene rings is 1. The van der Waals surface area contributed by atoms with Crippen LogP contribution in [0.15, 0.2) is 18.2 Å². The molecule has 88 valence electrons. The molecule has 0 saturated carbocycles. The number of nitrogens with zero attached hydrogens (tertiary/aromatic N) is 1. The molecule has 0 aliphatic rings. The second-order valence-corrected chi connectivity index (χ2v) is 4.30. The van der Waals surface area contributed by atoms with E-state index in [1.165, 1.54) is 7.11 Å². The molecule has 0 spiro atoms. The number of ether oxygens (including phenoxy) is 1. The Balaban J connectivity index is 3.17. The minimum atomic E-state index is -4.69. The fourth-order valence-electron chi connectivity index (χ4n) is 1.15. The van der Waals surface area contributed by atoms with Gasteiger partial charge in [-0.15, -0.1) is 3.89 Å². The predicted molar refractivity (Wildman–Crippen MR) is 53.4 cm³/mol. The van der Waals surface area contributed by atoms with Crippen LogP contribution >= 0.6 is 0 Å². The van der Waals surface area contributed by atoms with Crippen molar-refractivity contribution in [2.45, 2.75) is 5.75 Å². The Bertz CT molecular complexity index is 513. The minimum Gasteiger partial charge on any atom is -0.496 e. The molecule has 0 aliphatic carbocycles. The van der Waals surface area contributed by atoms with Gasteiger partial charge in [0.25, 0.3) is 5.69 Å². The van der Waals surface area contributed by atoms with E-state index in [1.54, 1.807) is 0 Å². The van der Waals surface area contributed by atoms with Gasteiger partial charge >= 0.3 is 10.2 Å². The number of rotatable bonds is 4. The molecule has 0 bridgehead atoms. The normalized spacial score (nSPS) is 11.1. The number of hydrogen-bond acceptors (Lipinski definition) is 5. The molecule has 0 saturated heterocycles. The number of nitro groups is 1. The highest BCUT2D eigenvalue weighted by atomic mass is 32.3. The number of hydrogen-bond donors (Lipinski definition) is 0. The van der Waals surface area contributed by atoms with Crippen LogP contribution in [0.1, 0.15) is 5.56 Å². The summed E-state index contributed by atoms with van der Waals surface area (Å²) in [4.78, 5) is 9.77. The Hall–Kier alpha value is -1.70. The fourth-order valence-corrected chi connectivity index (χ4v) is 1.76. The van der Waals surface area contributed by atoms with Crippen molar-refractivity contribution in [3.63, 3.8) is 0 Å². The van der Waals surface area contributed by atoms with Gasteiger partial charge in [-0.1, -0.05) is 0 Å². The first kappa shape index (κ1) is 12.4. The fraction of sp³-hybridized carbons (Fsp3) is 0.250. The summed E-state index contributed by atoms with van der Waals surface area (Å²) in [6, 6.07) is 3.28. The number of non-ortho nitro benzene ring substituents is 1. The molecule has 0 amide bonds. The summed E-state index contributed by atoms with van der Waals surface area (Å²) < 4.78 is 38.0. The molecule has 8 heteroatoms. The molecule has 6 nitrogen and oxygen atoms in total. The summed E-state index contributed by atoms with van der Waals surface area (Å²) in [6.07, 6.45) is 0. The summed E-state index contributed by atoms with van der Waals surface area (Å²) in [5.41, 5.74) is -0.215. The third-order valence-corrected chi connectivity index (χ3v) is 2.47. The van der Waals surface area contributed by atoms with Crippen molar-refractivity contribution >= 4 is 15.9 Å². The lowest BCUT2D eigenvalue weighted by molar-refractivity contribution is -0.384. The van der Waals surface area contributed by atoms with E-state index in [1.807, 2.05) is 0 Å². The van der Waals surface area contributed by atoms with Gasteiger partial charge in [0, 0.05) is 11.6 Å². The van der Waals surface area contributed by atoms with Gasteiger partial charge in [0.1, 0.15) is 11.5 Å². The molecule has 0 unspecified atom stereocenters. The Morgan fingerprint density at radius 3 is 2.56 bits per heavy atom. The van der Waals surface area contributed by atoms with Gasteiger partial charge in [0.05, 0.1) is 18.1 Å². The first-order chi connectivity index (χ1) is 7.33. The van der Waals surface area contributed by atoms with Crippen LogP contribution in [0.2, 0.25) is 0 Å². The lowest BCUT2D eigenvalue weighted by atomic mass is 10.2. The monoisotopic (exact) mass is 249 g/mol. The van der Waals surface area contributed by atoms with E-state index in [-0.39, 0.29) is 17.0 Å². The van der Waals surface area contributed by atoms with Crippen LogP contribution < -0.4 is 4.74 Å². The van der Waals surface area contributed by atoms with Gasteiger partial charge in [-0.25, -0.2) is 0 Å². The molecule has 0 fully saturated rings. The van der Waals surface area contributed by atoms with E-state index in [0.717, 1.165) is 18.2 Å². The molecule has 0 N–H and O–H groups in total. The summed E-state index contributed by atoms with van der Waals surface area (Å²) in [5, 5.41) is 10.4. The molecule has 0 radical (unpaired) electrons. The van der Waals surface area contributed by atoms with Crippen LogP contribution in [0.3, 0.4) is 0 Å². The molecule has 1 aromatic rings. The van der Waals surface area contributed by atoms with Crippen molar-refractivity contribution in [2.24, 2.45) is 0 Å². The van der Waals surface area contributed by atoms with Crippen molar-refractivity contribution in [1.82, 2.24) is 0 Å². The summed E-state index contributed by atoms with van der Waals surface area (Å²) in [5.74, 6) is -0.899. The SMILES string of the molecule is COc1cc([N+](=O)[O-])ccc1CS(=O)(=O)F. The van der Waals surface area contributed by atoms with Crippen molar-refractivity contribution in [1.29, 1.82) is 0 Å². The highest BCUT2D eigenvalue weighted by molar-refractivity contribution is 7.85. The molecule has 16 heavy (non-hydrogen) atoms. The molecule has 0 aromatic heterocycles. The zero-order valence-electron chi connectivity index (χ0n) is 8.21. The van der Waals surface area contributed by atoms with E-state index in [9.17, 15) is 22.4 Å². The van der Waals surface area contributed by atoms with E-state index in [4.69, 9.17) is 4.74 Å². The summed E-state index contributed by atoms with van der Waals surface area (Å²) >= 11 is 0. The molecule has 0 atom stereocenters. The maximum Gasteiger partial charge on any atom is 0.306 e. The number of halogens is 1. The second-order valence-electron chi connectivity index (χ2n) is 2.94. The number of nitro benzene ring substituents is 1. The van der Waals surface area contributed by atoms with Crippen molar-refractivity contribution < 1.29 is 22.0 Å². The molecular weight excluding hydrogens is 241 g/mol. The molecular formula is C8H8FNO5S. The highest BCUT2D eigenvalue weighted by Gasteiger charge is 2.16. The predicted octanol–water partition coefficient (Wildman–Crippen LogP) is 1.40. The third kappa shape index (κ3) is 3.16. The van der Waals surface area contributed by atoms with Gasteiger partial charge in [-0.2, -0.15) is 8.42 Å².